The van der Waals surface area contributed by atoms with Crippen LogP contribution in [0.1, 0.15) is 26.2 Å². The van der Waals surface area contributed by atoms with E-state index in [1.54, 1.807) is 6.92 Å². The standard InChI is InChI=1S/C14H21NO7/c1-3-5-6-9(17)15-11-13(20)12(19)8(7-16)21-14(11)22-10(18)4-2/h1,8,11-14,16,19-20H,4-7H2,2H3,(H,15,17)/t8-,11-,12-,13-,14?/m1/s1. The maximum absolute atomic E-state index is 11.7. The second kappa shape index (κ2) is 8.70. The Morgan fingerprint density at radius 2 is 2.05 bits per heavy atom. The molecule has 1 rings (SSSR count). The largest absolute Gasteiger partial charge is 0.433 e. The van der Waals surface area contributed by atoms with Gasteiger partial charge in [-0.05, 0) is 0 Å². The van der Waals surface area contributed by atoms with E-state index in [0.29, 0.717) is 0 Å². The van der Waals surface area contributed by atoms with Gasteiger partial charge in [0.1, 0.15) is 24.4 Å². The highest BCUT2D eigenvalue weighted by Gasteiger charge is 2.46. The van der Waals surface area contributed by atoms with Crippen LogP contribution in [-0.4, -0.2) is 64.4 Å². The highest BCUT2D eigenvalue weighted by molar-refractivity contribution is 5.76. The molecule has 5 atom stereocenters. The first-order valence-electron chi connectivity index (χ1n) is 6.99. The Bertz CT molecular complexity index is 433. The van der Waals surface area contributed by atoms with Crippen molar-refractivity contribution in [1.29, 1.82) is 0 Å². The number of hydrogen-bond acceptors (Lipinski definition) is 7. The zero-order chi connectivity index (χ0) is 16.7. The zero-order valence-electron chi connectivity index (χ0n) is 12.3. The van der Waals surface area contributed by atoms with Crippen molar-refractivity contribution < 1.29 is 34.4 Å². The summed E-state index contributed by atoms with van der Waals surface area (Å²) < 4.78 is 10.3. The van der Waals surface area contributed by atoms with Gasteiger partial charge in [0.15, 0.2) is 0 Å². The molecule has 0 aromatic rings. The number of aliphatic hydroxyl groups excluding tert-OH is 3. The Morgan fingerprint density at radius 1 is 1.36 bits per heavy atom. The van der Waals surface area contributed by atoms with E-state index < -0.39 is 49.1 Å². The first-order chi connectivity index (χ1) is 10.4. The summed E-state index contributed by atoms with van der Waals surface area (Å²) in [5.74, 6) is 1.22. The molecule has 1 heterocycles. The molecule has 0 aliphatic carbocycles. The van der Waals surface area contributed by atoms with Crippen molar-refractivity contribution in [3.8, 4) is 12.3 Å². The third-order valence-corrected chi connectivity index (χ3v) is 3.24. The first-order valence-corrected chi connectivity index (χ1v) is 6.99. The van der Waals surface area contributed by atoms with E-state index in [4.69, 9.17) is 21.0 Å². The smallest absolute Gasteiger partial charge is 0.307 e. The predicted octanol–water partition coefficient (Wildman–Crippen LogP) is -1.72. The predicted molar refractivity (Wildman–Crippen MR) is 74.1 cm³/mol. The third-order valence-electron chi connectivity index (χ3n) is 3.24. The minimum absolute atomic E-state index is 0.0215. The van der Waals surface area contributed by atoms with E-state index in [1.807, 2.05) is 0 Å². The van der Waals surface area contributed by atoms with E-state index in [-0.39, 0.29) is 19.3 Å². The molecule has 1 aliphatic rings. The molecular formula is C14H21NO7. The first kappa shape index (κ1) is 18.4. The average Bonchev–Trinajstić information content (AvgIpc) is 2.51. The normalized spacial score (nSPS) is 31.1. The highest BCUT2D eigenvalue weighted by Crippen LogP contribution is 2.22. The lowest BCUT2D eigenvalue weighted by molar-refractivity contribution is -0.263. The van der Waals surface area contributed by atoms with Crippen LogP contribution in [0.4, 0.5) is 0 Å². The van der Waals surface area contributed by atoms with Crippen molar-refractivity contribution >= 4 is 11.9 Å². The van der Waals surface area contributed by atoms with Crippen LogP contribution < -0.4 is 5.32 Å². The van der Waals surface area contributed by atoms with Gasteiger partial charge in [-0.3, -0.25) is 9.59 Å². The van der Waals surface area contributed by atoms with Crippen LogP contribution in [0, 0.1) is 12.3 Å². The number of carbonyl (C=O) groups excluding carboxylic acids is 2. The van der Waals surface area contributed by atoms with Crippen LogP contribution in [0.25, 0.3) is 0 Å². The number of amides is 1. The van der Waals surface area contributed by atoms with Crippen molar-refractivity contribution in [3.63, 3.8) is 0 Å². The maximum Gasteiger partial charge on any atom is 0.307 e. The number of esters is 1. The summed E-state index contributed by atoms with van der Waals surface area (Å²) in [6, 6.07) is -1.15. The lowest BCUT2D eigenvalue weighted by atomic mass is 9.96. The zero-order valence-corrected chi connectivity index (χ0v) is 12.3. The fraction of sp³-hybridized carbons (Fsp3) is 0.714. The van der Waals surface area contributed by atoms with Crippen molar-refractivity contribution in [1.82, 2.24) is 5.32 Å². The van der Waals surface area contributed by atoms with Gasteiger partial charge in [0.05, 0.1) is 6.61 Å². The van der Waals surface area contributed by atoms with Crippen LogP contribution in [-0.2, 0) is 19.1 Å². The Morgan fingerprint density at radius 3 is 2.59 bits per heavy atom. The summed E-state index contributed by atoms with van der Waals surface area (Å²) in [6.45, 7) is 0.997. The third kappa shape index (κ3) is 4.68. The molecule has 1 aliphatic heterocycles. The molecule has 0 saturated carbocycles. The highest BCUT2D eigenvalue weighted by atomic mass is 16.7. The average molecular weight is 315 g/mol. The number of terminal acetylenes is 1. The Balaban J connectivity index is 2.83. The van der Waals surface area contributed by atoms with Gasteiger partial charge in [-0.1, -0.05) is 6.92 Å². The molecule has 1 amide bonds. The van der Waals surface area contributed by atoms with Crippen LogP contribution in [0.15, 0.2) is 0 Å². The molecule has 4 N–H and O–H groups in total. The van der Waals surface area contributed by atoms with E-state index in [1.165, 1.54) is 0 Å². The maximum atomic E-state index is 11.7. The SMILES string of the molecule is C#CCCC(=O)N[C@H]1C(OC(=O)CC)O[C@H](CO)[C@@H](O)[C@@H]1O. The number of carbonyl (C=O) groups is 2. The van der Waals surface area contributed by atoms with Gasteiger partial charge in [-0.15, -0.1) is 12.3 Å². The molecule has 22 heavy (non-hydrogen) atoms. The van der Waals surface area contributed by atoms with E-state index >= 15 is 0 Å². The van der Waals surface area contributed by atoms with Crippen LogP contribution in [0.2, 0.25) is 0 Å². The molecule has 0 aromatic heterocycles. The Kier molecular flexibility index (Phi) is 7.27. The van der Waals surface area contributed by atoms with Gasteiger partial charge in [-0.25, -0.2) is 0 Å². The summed E-state index contributed by atoms with van der Waals surface area (Å²) in [6.07, 6.45) is 0.0387. The lowest BCUT2D eigenvalue weighted by Crippen LogP contribution is -2.65. The van der Waals surface area contributed by atoms with E-state index in [2.05, 4.69) is 11.2 Å². The van der Waals surface area contributed by atoms with Crippen LogP contribution in [0.3, 0.4) is 0 Å². The van der Waals surface area contributed by atoms with Crippen molar-refractivity contribution in [2.75, 3.05) is 6.61 Å². The number of aliphatic hydroxyl groups is 3. The van der Waals surface area contributed by atoms with Crippen molar-refractivity contribution in [2.24, 2.45) is 0 Å². The molecular weight excluding hydrogens is 294 g/mol. The molecule has 1 unspecified atom stereocenters. The molecule has 0 bridgehead atoms. The van der Waals surface area contributed by atoms with Gasteiger partial charge in [0.2, 0.25) is 12.2 Å². The van der Waals surface area contributed by atoms with Gasteiger partial charge in [0.25, 0.3) is 0 Å². The summed E-state index contributed by atoms with van der Waals surface area (Å²) in [7, 11) is 0. The lowest BCUT2D eigenvalue weighted by Gasteiger charge is -2.41. The molecule has 0 radical (unpaired) electrons. The molecule has 8 heteroatoms. The minimum Gasteiger partial charge on any atom is -0.433 e. The summed E-state index contributed by atoms with van der Waals surface area (Å²) in [5.41, 5.74) is 0. The molecule has 0 aromatic carbocycles. The van der Waals surface area contributed by atoms with Crippen molar-refractivity contribution in [3.05, 3.63) is 0 Å². The second-order valence-electron chi connectivity index (χ2n) is 4.85. The second-order valence-corrected chi connectivity index (χ2v) is 4.85. The van der Waals surface area contributed by atoms with Gasteiger partial charge >= 0.3 is 5.97 Å². The summed E-state index contributed by atoms with van der Waals surface area (Å²) in [4.78, 5) is 23.1. The molecule has 8 nitrogen and oxygen atoms in total. The molecule has 0 spiro atoms. The number of hydrogen-bond donors (Lipinski definition) is 4. The molecule has 1 fully saturated rings. The van der Waals surface area contributed by atoms with Gasteiger partial charge in [-0.2, -0.15) is 0 Å². The van der Waals surface area contributed by atoms with Gasteiger partial charge in [0, 0.05) is 19.3 Å². The Hall–Kier alpha value is -1.66. The quantitative estimate of drug-likeness (QED) is 0.339. The number of rotatable bonds is 6. The van der Waals surface area contributed by atoms with E-state index in [9.17, 15) is 19.8 Å². The fourth-order valence-corrected chi connectivity index (χ4v) is 1.99. The van der Waals surface area contributed by atoms with Gasteiger partial charge < -0.3 is 30.1 Å². The topological polar surface area (TPSA) is 125 Å². The fourth-order valence-electron chi connectivity index (χ4n) is 1.99. The summed E-state index contributed by atoms with van der Waals surface area (Å²) in [5, 5.41) is 31.5. The monoisotopic (exact) mass is 315 g/mol. The minimum atomic E-state index is -1.46. The number of ether oxygens (including phenoxy) is 2. The summed E-state index contributed by atoms with van der Waals surface area (Å²) >= 11 is 0. The van der Waals surface area contributed by atoms with E-state index in [0.717, 1.165) is 0 Å². The molecule has 1 saturated heterocycles. The number of nitrogens with one attached hydrogen (secondary N) is 1. The van der Waals surface area contributed by atoms with Crippen LogP contribution >= 0.6 is 0 Å². The Labute approximate surface area is 128 Å². The molecule has 124 valence electrons. The van der Waals surface area contributed by atoms with Crippen LogP contribution in [0.5, 0.6) is 0 Å². The van der Waals surface area contributed by atoms with Crippen molar-refractivity contribution in [2.45, 2.75) is 56.8 Å².